The molecule has 2 atom stereocenters. The lowest BCUT2D eigenvalue weighted by molar-refractivity contribution is -0.116. The van der Waals surface area contributed by atoms with Crippen molar-refractivity contribution in [1.29, 1.82) is 0 Å². The van der Waals surface area contributed by atoms with Gasteiger partial charge in [-0.3, -0.25) is 4.79 Å². The number of thioether (sulfide) groups is 1. The van der Waals surface area contributed by atoms with Crippen LogP contribution < -0.4 is 10.7 Å². The van der Waals surface area contributed by atoms with E-state index in [0.29, 0.717) is 0 Å². The number of aryl methyl sites for hydroxylation is 2. The van der Waals surface area contributed by atoms with E-state index in [0.717, 1.165) is 47.1 Å². The van der Waals surface area contributed by atoms with E-state index in [4.69, 9.17) is 0 Å². The summed E-state index contributed by atoms with van der Waals surface area (Å²) in [5.41, 5.74) is 6.55. The van der Waals surface area contributed by atoms with Crippen LogP contribution in [0.25, 0.3) is 0 Å². The molecule has 150 valence electrons. The number of nitrogens with one attached hydrogen (secondary N) is 2. The van der Waals surface area contributed by atoms with Crippen molar-refractivity contribution < 1.29 is 4.79 Å². The highest BCUT2D eigenvalue weighted by atomic mass is 32.2. The Hall–Kier alpha value is -2.80. The molecule has 1 aliphatic rings. The molecule has 6 nitrogen and oxygen atoms in total. The molecule has 2 N–H and O–H groups in total. The molecule has 2 aromatic carbocycles. The minimum atomic E-state index is -0.367. The van der Waals surface area contributed by atoms with E-state index >= 15 is 0 Å². The van der Waals surface area contributed by atoms with Crippen LogP contribution >= 0.6 is 11.8 Å². The maximum atomic E-state index is 13.3. The van der Waals surface area contributed by atoms with E-state index in [2.05, 4.69) is 34.8 Å². The Kier molecular flexibility index (Phi) is 5.85. The summed E-state index contributed by atoms with van der Waals surface area (Å²) in [6.07, 6.45) is 2.68. The molecule has 0 saturated heterocycles. The number of rotatable bonds is 6. The highest BCUT2D eigenvalue weighted by Crippen LogP contribution is 2.37. The van der Waals surface area contributed by atoms with Crippen LogP contribution in [0.4, 0.5) is 5.69 Å². The fourth-order valence-electron chi connectivity index (χ4n) is 3.55. The third-order valence-electron chi connectivity index (χ3n) is 5.05. The van der Waals surface area contributed by atoms with Crippen molar-refractivity contribution in [3.05, 3.63) is 71.5 Å². The second-order valence-corrected chi connectivity index (χ2v) is 8.15. The average Bonchev–Trinajstić information content (AvgIpc) is 3.16. The lowest BCUT2D eigenvalue weighted by Gasteiger charge is -2.33. The molecule has 29 heavy (non-hydrogen) atoms. The number of nitrogens with zero attached hydrogens (tertiary/aromatic N) is 3. The number of carbonyl (C=O) groups is 1. The number of carbonyl (C=O) groups excluding carboxylic acids is 1. The van der Waals surface area contributed by atoms with Crippen molar-refractivity contribution in [3.63, 3.8) is 0 Å². The Morgan fingerprint density at radius 1 is 1.10 bits per heavy atom. The van der Waals surface area contributed by atoms with Crippen LogP contribution in [0.1, 0.15) is 43.3 Å². The highest BCUT2D eigenvalue weighted by molar-refractivity contribution is 8.00. The summed E-state index contributed by atoms with van der Waals surface area (Å²) < 4.78 is 1.94. The predicted molar refractivity (Wildman–Crippen MR) is 117 cm³/mol. The van der Waals surface area contributed by atoms with Gasteiger partial charge in [0.05, 0.1) is 6.04 Å². The molecule has 0 radical (unpaired) electrons. The maximum Gasteiger partial charge on any atom is 0.240 e. The van der Waals surface area contributed by atoms with Gasteiger partial charge >= 0.3 is 0 Å². The summed E-state index contributed by atoms with van der Waals surface area (Å²) in [5, 5.41) is 12.1. The second-order valence-electron chi connectivity index (χ2n) is 7.04. The molecule has 2 heterocycles. The van der Waals surface area contributed by atoms with Crippen LogP contribution in [0.15, 0.2) is 59.8 Å². The third kappa shape index (κ3) is 4.00. The summed E-state index contributed by atoms with van der Waals surface area (Å²) in [5.74, 6) is 0.856. The van der Waals surface area contributed by atoms with Crippen molar-refractivity contribution in [2.24, 2.45) is 0 Å². The Morgan fingerprint density at radius 3 is 2.62 bits per heavy atom. The lowest BCUT2D eigenvalue weighted by atomic mass is 10.0. The third-order valence-corrected chi connectivity index (χ3v) is 6.27. The fraction of sp³-hybridized carbons (Fsp3) is 0.318. The summed E-state index contributed by atoms with van der Waals surface area (Å²) in [6, 6.07) is 17.8. The van der Waals surface area contributed by atoms with Gasteiger partial charge in [-0.2, -0.15) is 0 Å². The van der Waals surface area contributed by atoms with Crippen molar-refractivity contribution in [3.8, 4) is 0 Å². The van der Waals surface area contributed by atoms with Crippen molar-refractivity contribution in [2.75, 3.05) is 10.7 Å². The first-order valence-electron chi connectivity index (χ1n) is 10.0. The van der Waals surface area contributed by atoms with Crippen LogP contribution in [-0.4, -0.2) is 26.0 Å². The summed E-state index contributed by atoms with van der Waals surface area (Å²) in [6.45, 7) is 4.21. The SMILES string of the molecule is CCCc1nnc2n1N[C@@H](c1ccccc1)[C@H](C(=O)Nc1ccccc1CC)S2. The fourth-order valence-corrected chi connectivity index (χ4v) is 4.65. The van der Waals surface area contributed by atoms with Gasteiger partial charge in [0, 0.05) is 12.1 Å². The quantitative estimate of drug-likeness (QED) is 0.641. The molecule has 1 amide bonds. The largest absolute Gasteiger partial charge is 0.325 e. The molecule has 0 aliphatic carbocycles. The summed E-state index contributed by atoms with van der Waals surface area (Å²) >= 11 is 1.46. The number of hydrogen-bond donors (Lipinski definition) is 2. The number of para-hydroxylation sites is 1. The molecular formula is C22H25N5OS. The smallest absolute Gasteiger partial charge is 0.240 e. The van der Waals surface area contributed by atoms with Crippen LogP contribution in [-0.2, 0) is 17.6 Å². The number of amides is 1. The number of aromatic nitrogens is 3. The van der Waals surface area contributed by atoms with Gasteiger partial charge in [-0.15, -0.1) is 10.2 Å². The monoisotopic (exact) mass is 407 g/mol. The molecule has 1 aromatic heterocycles. The van der Waals surface area contributed by atoms with E-state index < -0.39 is 0 Å². The van der Waals surface area contributed by atoms with Gasteiger partial charge in [-0.05, 0) is 30.0 Å². The van der Waals surface area contributed by atoms with Crippen molar-refractivity contribution in [2.45, 2.75) is 49.6 Å². The molecule has 0 bridgehead atoms. The Labute approximate surface area is 175 Å². The average molecular weight is 408 g/mol. The van der Waals surface area contributed by atoms with Gasteiger partial charge in [0.25, 0.3) is 0 Å². The molecule has 0 fully saturated rings. The van der Waals surface area contributed by atoms with Crippen LogP contribution in [0.3, 0.4) is 0 Å². The van der Waals surface area contributed by atoms with E-state index in [9.17, 15) is 4.79 Å². The van der Waals surface area contributed by atoms with Gasteiger partial charge in [0.2, 0.25) is 11.1 Å². The first kappa shape index (κ1) is 19.5. The lowest BCUT2D eigenvalue weighted by Crippen LogP contribution is -2.41. The molecule has 0 saturated carbocycles. The molecular weight excluding hydrogens is 382 g/mol. The van der Waals surface area contributed by atoms with E-state index in [1.165, 1.54) is 11.8 Å². The zero-order valence-corrected chi connectivity index (χ0v) is 17.4. The molecule has 7 heteroatoms. The normalized spacial score (nSPS) is 18.0. The molecule has 1 aliphatic heterocycles. The Bertz CT molecular complexity index is 988. The van der Waals surface area contributed by atoms with E-state index in [1.807, 2.05) is 59.3 Å². The predicted octanol–water partition coefficient (Wildman–Crippen LogP) is 4.19. The molecule has 0 spiro atoms. The second kappa shape index (κ2) is 8.69. The highest BCUT2D eigenvalue weighted by Gasteiger charge is 2.37. The Balaban J connectivity index is 1.66. The standard InChI is InChI=1S/C22H25N5OS/c1-3-10-18-24-25-22-27(18)26-19(16-12-6-5-7-13-16)20(29-22)21(28)23-17-14-9-8-11-15(17)4-2/h5-9,11-14,19-20,26H,3-4,10H2,1-2H3,(H,23,28)/t19-,20+/m0/s1. The van der Waals surface area contributed by atoms with Crippen LogP contribution in [0.2, 0.25) is 0 Å². The van der Waals surface area contributed by atoms with Gasteiger partial charge in [-0.25, -0.2) is 4.68 Å². The van der Waals surface area contributed by atoms with Gasteiger partial charge in [-0.1, -0.05) is 74.1 Å². The van der Waals surface area contributed by atoms with Gasteiger partial charge in [0.15, 0.2) is 5.82 Å². The van der Waals surface area contributed by atoms with Gasteiger partial charge in [0.1, 0.15) is 5.25 Å². The first-order valence-corrected chi connectivity index (χ1v) is 10.9. The van der Waals surface area contributed by atoms with E-state index in [1.54, 1.807) is 0 Å². The summed E-state index contributed by atoms with van der Waals surface area (Å²) in [7, 11) is 0. The minimum Gasteiger partial charge on any atom is -0.325 e. The number of anilines is 1. The number of fused-ring (bicyclic) bond motifs is 1. The number of benzene rings is 2. The zero-order chi connectivity index (χ0) is 20.2. The van der Waals surface area contributed by atoms with Gasteiger partial charge < -0.3 is 10.7 Å². The van der Waals surface area contributed by atoms with Crippen molar-refractivity contribution in [1.82, 2.24) is 14.9 Å². The Morgan fingerprint density at radius 2 is 1.86 bits per heavy atom. The first-order chi connectivity index (χ1) is 14.2. The van der Waals surface area contributed by atoms with Crippen LogP contribution in [0.5, 0.6) is 0 Å². The van der Waals surface area contributed by atoms with E-state index in [-0.39, 0.29) is 17.2 Å². The zero-order valence-electron chi connectivity index (χ0n) is 16.6. The van der Waals surface area contributed by atoms with Crippen LogP contribution in [0, 0.1) is 0 Å². The topological polar surface area (TPSA) is 71.8 Å². The number of hydrogen-bond acceptors (Lipinski definition) is 5. The molecule has 4 rings (SSSR count). The maximum absolute atomic E-state index is 13.3. The molecule has 0 unspecified atom stereocenters. The summed E-state index contributed by atoms with van der Waals surface area (Å²) in [4.78, 5) is 13.3. The minimum absolute atomic E-state index is 0.0384. The molecule has 3 aromatic rings. The van der Waals surface area contributed by atoms with Crippen molar-refractivity contribution >= 4 is 23.4 Å².